The van der Waals surface area contributed by atoms with E-state index in [1.54, 1.807) is 6.08 Å². The van der Waals surface area contributed by atoms with Gasteiger partial charge in [-0.15, -0.1) is 0 Å². The minimum atomic E-state index is -0.934. The molecule has 0 bridgehead atoms. The van der Waals surface area contributed by atoms with E-state index in [1.165, 1.54) is 0 Å². The van der Waals surface area contributed by atoms with Crippen LogP contribution in [0.1, 0.15) is 0 Å². The van der Waals surface area contributed by atoms with Gasteiger partial charge in [-0.05, 0) is 11.6 Å². The maximum Gasteiger partial charge on any atom is 0.328 e. The molecule has 2 nitrogen and oxygen atoms in total. The molecular weight excluding hydrogens is 164 g/mol. The summed E-state index contributed by atoms with van der Waals surface area (Å²) in [5.41, 5.74) is 0.864. The van der Waals surface area contributed by atoms with Gasteiger partial charge in [0.1, 0.15) is 0 Å². The lowest BCUT2D eigenvalue weighted by atomic mass is 10.2. The first kappa shape index (κ1) is 9.26. The summed E-state index contributed by atoms with van der Waals surface area (Å²) in [4.78, 5) is 10.2. The van der Waals surface area contributed by atoms with Crippen molar-refractivity contribution >= 4 is 5.97 Å². The zero-order valence-electron chi connectivity index (χ0n) is 7.05. The van der Waals surface area contributed by atoms with Crippen LogP contribution in [0.2, 0.25) is 0 Å². The highest BCUT2D eigenvalue weighted by molar-refractivity contribution is 5.80. The molecule has 0 atom stereocenters. The molecule has 0 fully saturated rings. The van der Waals surface area contributed by atoms with E-state index < -0.39 is 5.97 Å². The second kappa shape index (κ2) is 4.93. The van der Waals surface area contributed by atoms with Crippen molar-refractivity contribution in [3.05, 3.63) is 60.3 Å². The number of carboxylic acid groups (broad SMARTS) is 1. The molecule has 66 valence electrons. The number of allylic oxidation sites excluding steroid dienone is 9. The van der Waals surface area contributed by atoms with Crippen LogP contribution >= 0.6 is 0 Å². The standard InChI is InChI=1S/C11H10O2/c12-11(13)9-8-10-6-4-2-1-3-5-7-10/h1-9H,(H,12,13)/b2-1+,3-1?,4-2?,5-3-,6-4-,7-5?,9-8+,10-6?,10-7-. The van der Waals surface area contributed by atoms with E-state index in [-0.39, 0.29) is 0 Å². The Morgan fingerprint density at radius 3 is 2.62 bits per heavy atom. The van der Waals surface area contributed by atoms with Gasteiger partial charge in [0.2, 0.25) is 0 Å². The monoisotopic (exact) mass is 174 g/mol. The molecule has 0 heterocycles. The van der Waals surface area contributed by atoms with E-state index in [4.69, 9.17) is 5.11 Å². The highest BCUT2D eigenvalue weighted by Crippen LogP contribution is 2.02. The average Bonchev–Trinajstić information content (AvgIpc) is 2.01. The summed E-state index contributed by atoms with van der Waals surface area (Å²) >= 11 is 0. The Hall–Kier alpha value is -1.83. The van der Waals surface area contributed by atoms with Gasteiger partial charge >= 0.3 is 5.97 Å². The quantitative estimate of drug-likeness (QED) is 0.652. The molecular formula is C11H10O2. The first-order valence-corrected chi connectivity index (χ1v) is 3.92. The molecule has 2 heteroatoms. The number of hydrogen-bond acceptors (Lipinski definition) is 1. The van der Waals surface area contributed by atoms with Gasteiger partial charge in [-0.2, -0.15) is 0 Å². The van der Waals surface area contributed by atoms with Gasteiger partial charge in [0, 0.05) is 6.08 Å². The van der Waals surface area contributed by atoms with Gasteiger partial charge in [-0.25, -0.2) is 4.79 Å². The molecule has 1 aliphatic rings. The summed E-state index contributed by atoms with van der Waals surface area (Å²) in [6.45, 7) is 0. The fourth-order valence-electron chi connectivity index (χ4n) is 0.860. The normalized spacial score (nSPS) is 26.9. The summed E-state index contributed by atoms with van der Waals surface area (Å²) in [6, 6.07) is 0. The Morgan fingerprint density at radius 2 is 1.85 bits per heavy atom. The van der Waals surface area contributed by atoms with Crippen LogP contribution in [0, 0.1) is 0 Å². The topological polar surface area (TPSA) is 37.3 Å². The van der Waals surface area contributed by atoms with Gasteiger partial charge in [-0.1, -0.05) is 42.5 Å². The Labute approximate surface area is 76.9 Å². The molecule has 0 aliphatic heterocycles. The van der Waals surface area contributed by atoms with Gasteiger partial charge in [0.15, 0.2) is 0 Å². The molecule has 1 rings (SSSR count). The first-order valence-electron chi connectivity index (χ1n) is 3.92. The van der Waals surface area contributed by atoms with E-state index in [9.17, 15) is 4.79 Å². The van der Waals surface area contributed by atoms with Gasteiger partial charge in [0.25, 0.3) is 0 Å². The predicted molar refractivity (Wildman–Crippen MR) is 52.3 cm³/mol. The molecule has 0 amide bonds. The van der Waals surface area contributed by atoms with Crippen molar-refractivity contribution in [3.8, 4) is 0 Å². The molecule has 0 unspecified atom stereocenters. The maximum absolute atomic E-state index is 10.2. The highest BCUT2D eigenvalue weighted by Gasteiger charge is 1.88. The first-order chi connectivity index (χ1) is 6.29. The lowest BCUT2D eigenvalue weighted by Crippen LogP contribution is -1.86. The number of carbonyl (C=O) groups is 1. The van der Waals surface area contributed by atoms with Crippen molar-refractivity contribution in [1.82, 2.24) is 0 Å². The Balaban J connectivity index is 2.74. The number of carboxylic acids is 1. The zero-order valence-corrected chi connectivity index (χ0v) is 7.05. The van der Waals surface area contributed by atoms with Gasteiger partial charge in [0.05, 0.1) is 0 Å². The van der Waals surface area contributed by atoms with E-state index >= 15 is 0 Å². The Kier molecular flexibility index (Phi) is 3.51. The third kappa shape index (κ3) is 3.91. The van der Waals surface area contributed by atoms with Crippen LogP contribution in [-0.2, 0) is 4.79 Å². The fourth-order valence-corrected chi connectivity index (χ4v) is 0.860. The van der Waals surface area contributed by atoms with Gasteiger partial charge in [-0.3, -0.25) is 0 Å². The third-order valence-corrected chi connectivity index (χ3v) is 1.44. The molecule has 0 aromatic carbocycles. The summed E-state index contributed by atoms with van der Waals surface area (Å²) in [7, 11) is 0. The SMILES string of the molecule is O=C(O)/C=C/C1=C\C=C/C=C/C=C\1. The number of hydrogen-bond donors (Lipinski definition) is 1. The molecule has 13 heavy (non-hydrogen) atoms. The largest absolute Gasteiger partial charge is 0.478 e. The molecule has 0 spiro atoms. The lowest BCUT2D eigenvalue weighted by molar-refractivity contribution is -0.131. The summed E-state index contributed by atoms with van der Waals surface area (Å²) in [5, 5.41) is 8.40. The van der Waals surface area contributed by atoms with E-state index in [1.807, 2.05) is 42.5 Å². The van der Waals surface area contributed by atoms with Crippen LogP contribution in [-0.4, -0.2) is 11.1 Å². The van der Waals surface area contributed by atoms with Crippen molar-refractivity contribution in [2.45, 2.75) is 0 Å². The van der Waals surface area contributed by atoms with Crippen LogP contribution in [0.25, 0.3) is 0 Å². The minimum absolute atomic E-state index is 0.864. The molecule has 0 aromatic rings. The summed E-state index contributed by atoms with van der Waals surface area (Å²) in [5.74, 6) is -0.934. The van der Waals surface area contributed by atoms with Crippen molar-refractivity contribution in [2.24, 2.45) is 0 Å². The van der Waals surface area contributed by atoms with Crippen LogP contribution in [0.15, 0.2) is 60.3 Å². The summed E-state index contributed by atoms with van der Waals surface area (Å²) < 4.78 is 0. The maximum atomic E-state index is 10.2. The highest BCUT2D eigenvalue weighted by atomic mass is 16.4. The molecule has 0 radical (unpaired) electrons. The lowest BCUT2D eigenvalue weighted by Gasteiger charge is -1.91. The van der Waals surface area contributed by atoms with Crippen LogP contribution in [0.3, 0.4) is 0 Å². The fraction of sp³-hybridized carbons (Fsp3) is 0. The van der Waals surface area contributed by atoms with Crippen molar-refractivity contribution in [1.29, 1.82) is 0 Å². The van der Waals surface area contributed by atoms with E-state index in [0.29, 0.717) is 0 Å². The number of aliphatic carboxylic acids is 1. The number of rotatable bonds is 2. The third-order valence-electron chi connectivity index (χ3n) is 1.44. The van der Waals surface area contributed by atoms with E-state index in [2.05, 4.69) is 0 Å². The van der Waals surface area contributed by atoms with Crippen LogP contribution in [0.4, 0.5) is 0 Å². The van der Waals surface area contributed by atoms with Crippen LogP contribution < -0.4 is 0 Å². The minimum Gasteiger partial charge on any atom is -0.478 e. The van der Waals surface area contributed by atoms with Gasteiger partial charge < -0.3 is 5.11 Å². The second-order valence-corrected chi connectivity index (χ2v) is 2.47. The molecule has 1 aliphatic carbocycles. The smallest absolute Gasteiger partial charge is 0.328 e. The molecule has 0 aromatic heterocycles. The second-order valence-electron chi connectivity index (χ2n) is 2.47. The van der Waals surface area contributed by atoms with Crippen LogP contribution in [0.5, 0.6) is 0 Å². The predicted octanol–water partition coefficient (Wildman–Crippen LogP) is 2.24. The summed E-state index contributed by atoms with van der Waals surface area (Å²) in [6.07, 6.45) is 15.8. The average molecular weight is 174 g/mol. The van der Waals surface area contributed by atoms with Crippen molar-refractivity contribution < 1.29 is 9.90 Å². The van der Waals surface area contributed by atoms with Crippen molar-refractivity contribution in [3.63, 3.8) is 0 Å². The molecule has 0 saturated carbocycles. The van der Waals surface area contributed by atoms with Crippen molar-refractivity contribution in [2.75, 3.05) is 0 Å². The zero-order chi connectivity index (χ0) is 9.52. The Bertz CT molecular complexity index is 328. The van der Waals surface area contributed by atoms with E-state index in [0.717, 1.165) is 11.6 Å². The molecule has 1 N–H and O–H groups in total. The molecule has 0 saturated heterocycles. The Morgan fingerprint density at radius 1 is 1.15 bits per heavy atom.